The van der Waals surface area contributed by atoms with Crippen LogP contribution in [-0.4, -0.2) is 57.9 Å². The lowest BCUT2D eigenvalue weighted by molar-refractivity contribution is 0.174. The van der Waals surface area contributed by atoms with E-state index in [1.165, 1.54) is 6.07 Å². The first kappa shape index (κ1) is 28.5. The third-order valence-electron chi connectivity index (χ3n) is 5.90. The summed E-state index contributed by atoms with van der Waals surface area (Å²) in [4.78, 5) is 2.16. The molecule has 0 saturated carbocycles. The van der Waals surface area contributed by atoms with E-state index in [-0.39, 0.29) is 10.5 Å². The number of nitrogens with zero attached hydrogens (tertiary/aromatic N) is 1. The Morgan fingerprint density at radius 3 is 2.03 bits per heavy atom. The van der Waals surface area contributed by atoms with E-state index >= 15 is 0 Å². The number of hydrogen-bond acceptors (Lipinski definition) is 7. The van der Waals surface area contributed by atoms with Crippen LogP contribution in [0.3, 0.4) is 0 Å². The molecule has 0 aliphatic heterocycles. The Morgan fingerprint density at radius 2 is 1.43 bits per heavy atom. The number of ether oxygens (including phenoxy) is 3. The Bertz CT molecular complexity index is 1250. The van der Waals surface area contributed by atoms with Crippen LogP contribution < -0.4 is 19.3 Å². The Hall–Kier alpha value is -3.11. The number of rotatable bonds is 15. The maximum atomic E-state index is 12.0. The lowest BCUT2D eigenvalue weighted by Gasteiger charge is -2.23. The van der Waals surface area contributed by atoms with Crippen molar-refractivity contribution < 1.29 is 27.7 Å². The third-order valence-corrected chi connectivity index (χ3v) is 6.89. The first-order chi connectivity index (χ1) is 17.8. The van der Waals surface area contributed by atoms with Crippen molar-refractivity contribution in [3.05, 3.63) is 83.4 Å². The fourth-order valence-electron chi connectivity index (χ4n) is 3.90. The smallest absolute Gasteiger partial charge is 0.238 e. The molecule has 0 unspecified atom stereocenters. The molecule has 3 aromatic carbocycles. The molecule has 0 atom stereocenters. The standard InChI is InChI=1S/C28H36N2O6S/c1-3-34-26-10-6-7-11-27(26)36-19-17-30(16-18-35-25-9-5-4-8-22(25)2)15-14-23-12-13-24(21-31)28(20-23)37(29,32)33/h4-13,20,31H,3,14-19,21H2,1-2H3,(H2,29,32,33). The second-order valence-electron chi connectivity index (χ2n) is 8.58. The zero-order valence-electron chi connectivity index (χ0n) is 21.4. The van der Waals surface area contributed by atoms with E-state index < -0.39 is 16.6 Å². The van der Waals surface area contributed by atoms with Crippen molar-refractivity contribution in [2.45, 2.75) is 31.8 Å². The number of hydrogen-bond donors (Lipinski definition) is 2. The molecule has 0 aliphatic rings. The van der Waals surface area contributed by atoms with Gasteiger partial charge in [-0.3, -0.25) is 4.90 Å². The van der Waals surface area contributed by atoms with Gasteiger partial charge in [0.15, 0.2) is 11.5 Å². The number of aliphatic hydroxyl groups excluding tert-OH is 1. The van der Waals surface area contributed by atoms with Gasteiger partial charge in [-0.15, -0.1) is 0 Å². The number of para-hydroxylation sites is 3. The van der Waals surface area contributed by atoms with Crippen molar-refractivity contribution in [3.8, 4) is 17.2 Å². The second kappa shape index (κ2) is 14.0. The molecule has 37 heavy (non-hydrogen) atoms. The van der Waals surface area contributed by atoms with Crippen LogP contribution in [0.1, 0.15) is 23.6 Å². The van der Waals surface area contributed by atoms with Crippen molar-refractivity contribution in [1.82, 2.24) is 4.90 Å². The average Bonchev–Trinajstić information content (AvgIpc) is 2.88. The van der Waals surface area contributed by atoms with Crippen LogP contribution in [0.2, 0.25) is 0 Å². The van der Waals surface area contributed by atoms with Gasteiger partial charge in [-0.2, -0.15) is 0 Å². The van der Waals surface area contributed by atoms with Crippen LogP contribution in [0.5, 0.6) is 17.2 Å². The van der Waals surface area contributed by atoms with Gasteiger partial charge >= 0.3 is 0 Å². The van der Waals surface area contributed by atoms with Crippen molar-refractivity contribution in [3.63, 3.8) is 0 Å². The van der Waals surface area contributed by atoms with E-state index in [1.807, 2.05) is 68.4 Å². The number of nitrogens with two attached hydrogens (primary N) is 1. The summed E-state index contributed by atoms with van der Waals surface area (Å²) < 4.78 is 41.6. The molecular weight excluding hydrogens is 492 g/mol. The molecule has 0 bridgehead atoms. The van der Waals surface area contributed by atoms with Gasteiger partial charge in [0, 0.05) is 19.6 Å². The first-order valence-corrected chi connectivity index (χ1v) is 13.9. The topological polar surface area (TPSA) is 111 Å². The molecule has 0 amide bonds. The third kappa shape index (κ3) is 8.75. The largest absolute Gasteiger partial charge is 0.492 e. The minimum absolute atomic E-state index is 0.0437. The molecule has 3 aromatic rings. The van der Waals surface area contributed by atoms with Gasteiger partial charge in [-0.05, 0) is 61.2 Å². The fourth-order valence-corrected chi connectivity index (χ4v) is 4.72. The van der Waals surface area contributed by atoms with Gasteiger partial charge in [0.25, 0.3) is 0 Å². The first-order valence-electron chi connectivity index (χ1n) is 12.3. The van der Waals surface area contributed by atoms with Gasteiger partial charge in [0.2, 0.25) is 10.0 Å². The maximum Gasteiger partial charge on any atom is 0.238 e. The molecule has 9 heteroatoms. The van der Waals surface area contributed by atoms with Gasteiger partial charge in [0.1, 0.15) is 19.0 Å². The van der Waals surface area contributed by atoms with Crippen molar-refractivity contribution in [2.75, 3.05) is 39.5 Å². The number of sulfonamides is 1. The SMILES string of the molecule is CCOc1ccccc1OCCN(CCOc1ccccc1C)CCc1ccc(CO)c(S(N)(=O)=O)c1. The number of aliphatic hydroxyl groups is 1. The number of benzene rings is 3. The van der Waals surface area contributed by atoms with Crippen LogP contribution >= 0.6 is 0 Å². The Kier molecular flexibility index (Phi) is 10.8. The molecule has 0 saturated heterocycles. The summed E-state index contributed by atoms with van der Waals surface area (Å²) in [7, 11) is -3.93. The lowest BCUT2D eigenvalue weighted by Crippen LogP contribution is -2.34. The van der Waals surface area contributed by atoms with E-state index in [4.69, 9.17) is 19.3 Å². The maximum absolute atomic E-state index is 12.0. The van der Waals surface area contributed by atoms with E-state index in [1.54, 1.807) is 6.07 Å². The molecule has 0 aromatic heterocycles. The summed E-state index contributed by atoms with van der Waals surface area (Å²) in [5.74, 6) is 2.25. The Morgan fingerprint density at radius 1 is 0.838 bits per heavy atom. The highest BCUT2D eigenvalue weighted by Gasteiger charge is 2.15. The van der Waals surface area contributed by atoms with E-state index in [0.29, 0.717) is 57.4 Å². The highest BCUT2D eigenvalue weighted by molar-refractivity contribution is 7.89. The quantitative estimate of drug-likeness (QED) is 0.310. The van der Waals surface area contributed by atoms with Gasteiger partial charge in [-0.1, -0.05) is 42.5 Å². The normalized spacial score (nSPS) is 11.5. The predicted octanol–water partition coefficient (Wildman–Crippen LogP) is 3.54. The molecule has 200 valence electrons. The second-order valence-corrected chi connectivity index (χ2v) is 10.1. The van der Waals surface area contributed by atoms with Gasteiger partial charge in [-0.25, -0.2) is 13.6 Å². The molecule has 8 nitrogen and oxygen atoms in total. The monoisotopic (exact) mass is 528 g/mol. The van der Waals surface area contributed by atoms with Crippen LogP contribution in [0, 0.1) is 6.92 Å². The summed E-state index contributed by atoms with van der Waals surface area (Å²) in [5.41, 5.74) is 2.18. The molecule has 0 fully saturated rings. The van der Waals surface area contributed by atoms with Crippen molar-refractivity contribution >= 4 is 10.0 Å². The van der Waals surface area contributed by atoms with Crippen LogP contribution in [-0.2, 0) is 23.1 Å². The fraction of sp³-hybridized carbons (Fsp3) is 0.357. The molecule has 3 rings (SSSR count). The predicted molar refractivity (Wildman–Crippen MR) is 144 cm³/mol. The molecule has 0 spiro atoms. The van der Waals surface area contributed by atoms with E-state index in [2.05, 4.69) is 4.90 Å². The highest BCUT2D eigenvalue weighted by atomic mass is 32.2. The Balaban J connectivity index is 1.66. The summed E-state index contributed by atoms with van der Waals surface area (Å²) in [6, 6.07) is 20.4. The van der Waals surface area contributed by atoms with E-state index in [0.717, 1.165) is 16.9 Å². The molecule has 0 heterocycles. The average molecular weight is 529 g/mol. The summed E-state index contributed by atoms with van der Waals surface area (Å²) >= 11 is 0. The molecule has 0 radical (unpaired) electrons. The summed E-state index contributed by atoms with van der Waals surface area (Å²) in [6.07, 6.45) is 0.591. The molecule has 3 N–H and O–H groups in total. The van der Waals surface area contributed by atoms with Crippen LogP contribution in [0.15, 0.2) is 71.6 Å². The van der Waals surface area contributed by atoms with Crippen LogP contribution in [0.4, 0.5) is 0 Å². The van der Waals surface area contributed by atoms with Crippen LogP contribution in [0.25, 0.3) is 0 Å². The highest BCUT2D eigenvalue weighted by Crippen LogP contribution is 2.26. The number of primary sulfonamides is 1. The van der Waals surface area contributed by atoms with E-state index in [9.17, 15) is 13.5 Å². The molecular formula is C28H36N2O6S. The molecule has 0 aliphatic carbocycles. The summed E-state index contributed by atoms with van der Waals surface area (Å²) in [5, 5.41) is 14.8. The lowest BCUT2D eigenvalue weighted by atomic mass is 10.1. The zero-order chi connectivity index (χ0) is 26.7. The minimum atomic E-state index is -3.93. The summed E-state index contributed by atoms with van der Waals surface area (Å²) in [6.45, 7) is 6.98. The minimum Gasteiger partial charge on any atom is -0.492 e. The van der Waals surface area contributed by atoms with Gasteiger partial charge in [0.05, 0.1) is 18.1 Å². The van der Waals surface area contributed by atoms with Crippen molar-refractivity contribution in [2.24, 2.45) is 5.14 Å². The van der Waals surface area contributed by atoms with Gasteiger partial charge < -0.3 is 19.3 Å². The Labute approximate surface area is 219 Å². The van der Waals surface area contributed by atoms with Crippen molar-refractivity contribution in [1.29, 1.82) is 0 Å². The number of aryl methyl sites for hydroxylation is 1. The zero-order valence-corrected chi connectivity index (χ0v) is 22.2.